The van der Waals surface area contributed by atoms with E-state index in [1.807, 2.05) is 41.3 Å². The fraction of sp³-hybridized carbons (Fsp3) is 0.391. The molecule has 1 saturated carbocycles. The number of H-pyrrole nitrogens is 1. The van der Waals surface area contributed by atoms with Crippen molar-refractivity contribution in [1.29, 1.82) is 0 Å². The Labute approximate surface area is 181 Å². The predicted octanol–water partition coefficient (Wildman–Crippen LogP) is 4.34. The number of pyridine rings is 1. The highest BCUT2D eigenvalue weighted by Gasteiger charge is 2.19. The molecule has 0 radical (unpaired) electrons. The van der Waals surface area contributed by atoms with Crippen LogP contribution in [0.2, 0.25) is 0 Å². The minimum atomic E-state index is -0.124. The van der Waals surface area contributed by atoms with Gasteiger partial charge in [0.2, 0.25) is 0 Å². The minimum Gasteiger partial charge on any atom is -0.497 e. The van der Waals surface area contributed by atoms with Gasteiger partial charge in [-0.1, -0.05) is 19.3 Å². The lowest BCUT2D eigenvalue weighted by molar-refractivity contribution is 0.334. The average Bonchev–Trinajstić information content (AvgIpc) is 3.27. The van der Waals surface area contributed by atoms with Gasteiger partial charge in [0, 0.05) is 17.7 Å². The van der Waals surface area contributed by atoms with Gasteiger partial charge < -0.3 is 24.4 Å². The maximum atomic E-state index is 12.8. The van der Waals surface area contributed by atoms with Crippen LogP contribution < -0.4 is 15.6 Å². The lowest BCUT2D eigenvalue weighted by atomic mass is 9.96. The topological polar surface area (TPSA) is 70.5 Å². The van der Waals surface area contributed by atoms with Crippen LogP contribution in [-0.2, 0) is 13.1 Å². The van der Waals surface area contributed by atoms with Crippen molar-refractivity contribution in [3.05, 3.63) is 64.3 Å². The lowest BCUT2D eigenvalue weighted by Crippen LogP contribution is -2.45. The Morgan fingerprint density at radius 3 is 2.80 bits per heavy atom. The Kier molecular flexibility index (Phi) is 6.38. The Bertz CT molecular complexity index is 1060. The van der Waals surface area contributed by atoms with Gasteiger partial charge in [-0.25, -0.2) is 0 Å². The molecule has 0 unspecified atom stereocenters. The maximum Gasteiger partial charge on any atom is 0.253 e. The van der Waals surface area contributed by atoms with E-state index in [4.69, 9.17) is 21.4 Å². The van der Waals surface area contributed by atoms with Gasteiger partial charge in [0.25, 0.3) is 5.56 Å². The Morgan fingerprint density at radius 2 is 2.07 bits per heavy atom. The molecule has 1 aromatic carbocycles. The van der Waals surface area contributed by atoms with E-state index in [0.29, 0.717) is 35.6 Å². The first-order chi connectivity index (χ1) is 14.6. The quantitative estimate of drug-likeness (QED) is 0.573. The second kappa shape index (κ2) is 9.34. The van der Waals surface area contributed by atoms with Crippen molar-refractivity contribution < 1.29 is 9.15 Å². The van der Waals surface area contributed by atoms with Crippen LogP contribution in [0.15, 0.2) is 51.9 Å². The van der Waals surface area contributed by atoms with Crippen LogP contribution in [0.25, 0.3) is 10.9 Å². The number of benzene rings is 1. The number of aromatic amines is 1. The van der Waals surface area contributed by atoms with E-state index in [0.717, 1.165) is 29.5 Å². The van der Waals surface area contributed by atoms with Crippen LogP contribution in [-0.4, -0.2) is 28.1 Å². The Balaban J connectivity index is 1.58. The molecule has 0 amide bonds. The van der Waals surface area contributed by atoms with Gasteiger partial charge >= 0.3 is 0 Å². The highest BCUT2D eigenvalue weighted by Crippen LogP contribution is 2.21. The monoisotopic (exact) mass is 425 g/mol. The molecular weight excluding hydrogens is 398 g/mol. The standard InChI is InChI=1S/C23H27N3O3S/c1-28-19-10-9-16-12-17(22(27)25-21(16)13-19)14-26(15-20-8-5-11-29-20)23(30)24-18-6-3-2-4-7-18/h5,8-13,18H,2-4,6-7,14-15H2,1H3,(H,24,30)(H,25,27). The first-order valence-corrected chi connectivity index (χ1v) is 10.8. The van der Waals surface area contributed by atoms with Crippen molar-refractivity contribution in [3.63, 3.8) is 0 Å². The number of methoxy groups -OCH3 is 1. The van der Waals surface area contributed by atoms with Crippen LogP contribution in [0, 0.1) is 0 Å². The molecule has 0 spiro atoms. The summed E-state index contributed by atoms with van der Waals surface area (Å²) in [7, 11) is 1.61. The number of rotatable bonds is 6. The molecule has 1 fully saturated rings. The second-order valence-corrected chi connectivity index (χ2v) is 8.18. The molecule has 1 aliphatic rings. The maximum absolute atomic E-state index is 12.8. The van der Waals surface area contributed by atoms with E-state index in [1.165, 1.54) is 19.3 Å². The fourth-order valence-electron chi connectivity index (χ4n) is 3.98. The van der Waals surface area contributed by atoms with Crippen molar-refractivity contribution in [2.75, 3.05) is 7.11 Å². The molecule has 158 valence electrons. The molecule has 0 bridgehead atoms. The van der Waals surface area contributed by atoms with Gasteiger partial charge in [0.05, 0.1) is 32.0 Å². The van der Waals surface area contributed by atoms with E-state index in [1.54, 1.807) is 13.4 Å². The summed E-state index contributed by atoms with van der Waals surface area (Å²) in [5.41, 5.74) is 1.29. The summed E-state index contributed by atoms with van der Waals surface area (Å²) in [5, 5.41) is 5.12. The number of ether oxygens (including phenoxy) is 1. The third-order valence-corrected chi connectivity index (χ3v) is 6.01. The summed E-state index contributed by atoms with van der Waals surface area (Å²) in [6.07, 6.45) is 7.67. The molecule has 1 aliphatic carbocycles. The van der Waals surface area contributed by atoms with Gasteiger partial charge in [0.1, 0.15) is 11.5 Å². The fourth-order valence-corrected chi connectivity index (χ4v) is 4.27. The number of hydrogen-bond donors (Lipinski definition) is 2. The molecule has 0 aliphatic heterocycles. The summed E-state index contributed by atoms with van der Waals surface area (Å²) in [4.78, 5) is 17.7. The number of aromatic nitrogens is 1. The van der Waals surface area contributed by atoms with E-state index in [9.17, 15) is 4.79 Å². The molecule has 2 aromatic heterocycles. The number of thiocarbonyl (C=S) groups is 1. The largest absolute Gasteiger partial charge is 0.497 e. The van der Waals surface area contributed by atoms with Crippen LogP contribution in [0.1, 0.15) is 43.4 Å². The molecule has 2 heterocycles. The molecule has 0 saturated heterocycles. The number of fused-ring (bicyclic) bond motifs is 1. The van der Waals surface area contributed by atoms with Gasteiger partial charge in [-0.05, 0) is 60.8 Å². The third kappa shape index (κ3) is 4.84. The van der Waals surface area contributed by atoms with E-state index in [-0.39, 0.29) is 5.56 Å². The summed E-state index contributed by atoms with van der Waals surface area (Å²) >= 11 is 5.74. The molecule has 2 N–H and O–H groups in total. The Morgan fingerprint density at radius 1 is 1.23 bits per heavy atom. The summed E-state index contributed by atoms with van der Waals surface area (Å²) in [6, 6.07) is 11.8. The first-order valence-electron chi connectivity index (χ1n) is 10.4. The molecule has 4 rings (SSSR count). The normalized spacial score (nSPS) is 14.6. The van der Waals surface area contributed by atoms with Crippen molar-refractivity contribution in [1.82, 2.24) is 15.2 Å². The molecule has 0 atom stereocenters. The third-order valence-electron chi connectivity index (χ3n) is 5.64. The van der Waals surface area contributed by atoms with Gasteiger partial charge in [0.15, 0.2) is 5.11 Å². The predicted molar refractivity (Wildman–Crippen MR) is 122 cm³/mol. The number of furan rings is 1. The van der Waals surface area contributed by atoms with Crippen molar-refractivity contribution >= 4 is 28.2 Å². The lowest BCUT2D eigenvalue weighted by Gasteiger charge is -2.30. The van der Waals surface area contributed by atoms with E-state index >= 15 is 0 Å². The van der Waals surface area contributed by atoms with Crippen LogP contribution >= 0.6 is 12.2 Å². The first kappa shape index (κ1) is 20.5. The van der Waals surface area contributed by atoms with Crippen LogP contribution in [0.5, 0.6) is 5.75 Å². The highest BCUT2D eigenvalue weighted by molar-refractivity contribution is 7.80. The SMILES string of the molecule is COc1ccc2cc(CN(Cc3ccco3)C(=S)NC3CCCCC3)c(=O)[nH]c2c1. The number of hydrogen-bond acceptors (Lipinski definition) is 4. The van der Waals surface area contributed by atoms with E-state index < -0.39 is 0 Å². The Hall–Kier alpha value is -2.80. The molecule has 7 heteroatoms. The van der Waals surface area contributed by atoms with Gasteiger partial charge in [-0.2, -0.15) is 0 Å². The second-order valence-electron chi connectivity index (χ2n) is 7.80. The molecule has 3 aromatic rings. The summed E-state index contributed by atoms with van der Waals surface area (Å²) in [5.74, 6) is 1.52. The number of nitrogens with zero attached hydrogens (tertiary/aromatic N) is 1. The van der Waals surface area contributed by atoms with Crippen molar-refractivity contribution in [2.45, 2.75) is 51.2 Å². The smallest absolute Gasteiger partial charge is 0.253 e. The summed E-state index contributed by atoms with van der Waals surface area (Å²) in [6.45, 7) is 0.905. The van der Waals surface area contributed by atoms with Crippen LogP contribution in [0.3, 0.4) is 0 Å². The molecule has 6 nitrogen and oxygen atoms in total. The molecular formula is C23H27N3O3S. The summed E-state index contributed by atoms with van der Waals surface area (Å²) < 4.78 is 10.8. The highest BCUT2D eigenvalue weighted by atomic mass is 32.1. The minimum absolute atomic E-state index is 0.124. The zero-order chi connectivity index (χ0) is 20.9. The van der Waals surface area contributed by atoms with Crippen molar-refractivity contribution in [3.8, 4) is 5.75 Å². The van der Waals surface area contributed by atoms with Gasteiger partial charge in [-0.15, -0.1) is 0 Å². The molecule has 30 heavy (non-hydrogen) atoms. The zero-order valence-corrected chi connectivity index (χ0v) is 18.0. The number of nitrogens with one attached hydrogen (secondary N) is 2. The van der Waals surface area contributed by atoms with E-state index in [2.05, 4.69) is 10.3 Å². The zero-order valence-electron chi connectivity index (χ0n) is 17.1. The van der Waals surface area contributed by atoms with Gasteiger partial charge in [-0.3, -0.25) is 4.79 Å². The van der Waals surface area contributed by atoms with Crippen molar-refractivity contribution in [2.24, 2.45) is 0 Å². The van der Waals surface area contributed by atoms with Crippen LogP contribution in [0.4, 0.5) is 0 Å². The average molecular weight is 426 g/mol.